The van der Waals surface area contributed by atoms with E-state index >= 15 is 0 Å². The summed E-state index contributed by atoms with van der Waals surface area (Å²) in [6.07, 6.45) is 9.72. The van der Waals surface area contributed by atoms with E-state index in [0.717, 1.165) is 53.9 Å². The zero-order valence-electron chi connectivity index (χ0n) is 33.4. The number of amides is 1. The summed E-state index contributed by atoms with van der Waals surface area (Å²) in [5.74, 6) is -0.616. The number of nitrogens with zero attached hydrogens (tertiary/aromatic N) is 4. The Hall–Kier alpha value is -5.02. The van der Waals surface area contributed by atoms with Crippen molar-refractivity contribution in [2.45, 2.75) is 89.6 Å². The molecule has 3 aliphatic rings. The summed E-state index contributed by atoms with van der Waals surface area (Å²) >= 11 is 0. The van der Waals surface area contributed by atoms with Crippen LogP contribution in [0.3, 0.4) is 0 Å². The van der Waals surface area contributed by atoms with E-state index in [0.29, 0.717) is 61.5 Å². The second-order valence-corrected chi connectivity index (χ2v) is 15.2. The average molecular weight is 777 g/mol. The number of allylic oxidation sites excluding steroid dienone is 1. The number of hydrogen-bond acceptors (Lipinski definition) is 10. The second-order valence-electron chi connectivity index (χ2n) is 15.2. The van der Waals surface area contributed by atoms with Gasteiger partial charge in [0.2, 0.25) is 5.79 Å². The van der Waals surface area contributed by atoms with Crippen molar-refractivity contribution in [3.63, 3.8) is 0 Å². The van der Waals surface area contributed by atoms with Crippen LogP contribution in [-0.2, 0) is 16.2 Å². The highest BCUT2D eigenvalue weighted by atomic mass is 16.7. The minimum atomic E-state index is -1.36. The Balaban J connectivity index is 1.55. The third-order valence-electron chi connectivity index (χ3n) is 11.5. The van der Waals surface area contributed by atoms with Gasteiger partial charge in [0, 0.05) is 48.9 Å². The highest BCUT2D eigenvalue weighted by molar-refractivity contribution is 6.03. The van der Waals surface area contributed by atoms with Gasteiger partial charge in [0.1, 0.15) is 31.3 Å². The van der Waals surface area contributed by atoms with Gasteiger partial charge in [-0.3, -0.25) is 9.78 Å². The van der Waals surface area contributed by atoms with Gasteiger partial charge in [-0.25, -0.2) is 0 Å². The molecule has 2 aromatic carbocycles. The molecule has 1 saturated carbocycles. The van der Waals surface area contributed by atoms with Crippen LogP contribution in [0.15, 0.2) is 90.1 Å². The number of pyridine rings is 1. The normalized spacial score (nSPS) is 24.0. The zero-order chi connectivity index (χ0) is 40.4. The molecule has 302 valence electrons. The summed E-state index contributed by atoms with van der Waals surface area (Å²) in [6.45, 7) is 9.12. The Morgan fingerprint density at radius 1 is 1.11 bits per heavy atom. The number of benzene rings is 2. The number of oxime groups is 1. The molecule has 0 saturated heterocycles. The summed E-state index contributed by atoms with van der Waals surface area (Å²) in [4.78, 5) is 26.8. The maximum Gasteiger partial charge on any atom is 0.254 e. The van der Waals surface area contributed by atoms with Crippen molar-refractivity contribution in [3.05, 3.63) is 113 Å². The van der Waals surface area contributed by atoms with Gasteiger partial charge < -0.3 is 34.2 Å². The molecule has 0 bridgehead atoms. The van der Waals surface area contributed by atoms with Crippen molar-refractivity contribution in [1.29, 1.82) is 5.26 Å². The van der Waals surface area contributed by atoms with Crippen LogP contribution in [0, 0.1) is 36.0 Å². The maximum atomic E-state index is 14.7. The quantitative estimate of drug-likeness (QED) is 0.0712. The largest absolute Gasteiger partial charge is 0.487 e. The number of rotatable bonds is 19. The molecule has 1 fully saturated rings. The Labute approximate surface area is 336 Å². The van der Waals surface area contributed by atoms with Crippen LogP contribution in [0.1, 0.15) is 97.1 Å². The van der Waals surface area contributed by atoms with E-state index < -0.39 is 17.7 Å². The Kier molecular flexibility index (Phi) is 14.2. The average Bonchev–Trinajstić information content (AvgIpc) is 3.23. The molecule has 3 aromatic rings. The molecule has 1 aliphatic heterocycles. The Bertz CT molecular complexity index is 1960. The number of aromatic nitrogens is 1. The van der Waals surface area contributed by atoms with Crippen molar-refractivity contribution >= 4 is 11.6 Å². The van der Waals surface area contributed by atoms with E-state index in [1.54, 1.807) is 37.5 Å². The first-order valence-corrected chi connectivity index (χ1v) is 20.3. The van der Waals surface area contributed by atoms with E-state index in [2.05, 4.69) is 34.9 Å². The minimum absolute atomic E-state index is 0.0865. The topological polar surface area (TPSA) is 147 Å². The first-order valence-electron chi connectivity index (χ1n) is 20.3. The molecule has 1 aromatic heterocycles. The molecule has 2 N–H and O–H groups in total. The summed E-state index contributed by atoms with van der Waals surface area (Å²) in [5, 5.41) is 33.9. The molecule has 2 aliphatic carbocycles. The predicted octanol–water partition coefficient (Wildman–Crippen LogP) is 7.66. The molecule has 0 radical (unpaired) electrons. The molecule has 6 unspecified atom stereocenters. The van der Waals surface area contributed by atoms with E-state index in [4.69, 9.17) is 19.0 Å². The van der Waals surface area contributed by atoms with Crippen LogP contribution < -0.4 is 9.47 Å². The number of nitriles is 1. The van der Waals surface area contributed by atoms with Gasteiger partial charge in [-0.1, -0.05) is 43.1 Å². The number of ether oxygens (including phenoxy) is 3. The number of carbonyl (C=O) groups is 1. The predicted molar refractivity (Wildman–Crippen MR) is 218 cm³/mol. The lowest BCUT2D eigenvalue weighted by Gasteiger charge is -2.60. The highest BCUT2D eigenvalue weighted by Crippen LogP contribution is 2.62. The van der Waals surface area contributed by atoms with Crippen molar-refractivity contribution in [2.24, 2.45) is 22.9 Å². The lowest BCUT2D eigenvalue weighted by atomic mass is 9.55. The molecule has 11 heteroatoms. The zero-order valence-corrected chi connectivity index (χ0v) is 33.4. The SMILES string of the molecule is C=CCOC12Oc3ccc(OCc4cccc(C)n4)cc3C3C(CCCCO)C(CCCCO)C=C(C(=NOC)CC1N(CCC)C(=O)c1ccc(C#N)cc1)C32. The molecular formula is C46H56N4O7. The summed E-state index contributed by atoms with van der Waals surface area (Å²) in [6, 6.07) is 20.1. The van der Waals surface area contributed by atoms with Gasteiger partial charge in [-0.15, -0.1) is 6.58 Å². The molecule has 0 spiro atoms. The van der Waals surface area contributed by atoms with Crippen LogP contribution in [0.25, 0.3) is 0 Å². The van der Waals surface area contributed by atoms with Crippen molar-refractivity contribution in [3.8, 4) is 17.6 Å². The summed E-state index contributed by atoms with van der Waals surface area (Å²) in [5.41, 5.74) is 5.36. The fraction of sp³-hybridized carbons (Fsp3) is 0.478. The van der Waals surface area contributed by atoms with Crippen molar-refractivity contribution < 1.29 is 34.1 Å². The Morgan fingerprint density at radius 3 is 2.56 bits per heavy atom. The fourth-order valence-corrected chi connectivity index (χ4v) is 9.18. The fourth-order valence-electron chi connectivity index (χ4n) is 9.18. The number of carbonyl (C=O) groups excluding carboxylic acids is 1. The molecule has 6 rings (SSSR count). The molecule has 1 amide bonds. The van der Waals surface area contributed by atoms with Gasteiger partial charge in [0.15, 0.2) is 0 Å². The van der Waals surface area contributed by atoms with Crippen LogP contribution in [0.4, 0.5) is 0 Å². The van der Waals surface area contributed by atoms with Crippen LogP contribution >= 0.6 is 0 Å². The molecular weight excluding hydrogens is 721 g/mol. The van der Waals surface area contributed by atoms with E-state index in [9.17, 15) is 20.3 Å². The first-order chi connectivity index (χ1) is 27.8. The van der Waals surface area contributed by atoms with Crippen molar-refractivity contribution in [2.75, 3.05) is 33.5 Å². The molecule has 11 nitrogen and oxygen atoms in total. The van der Waals surface area contributed by atoms with Crippen molar-refractivity contribution in [1.82, 2.24) is 9.88 Å². The number of aryl methyl sites for hydroxylation is 1. The molecule has 6 atom stereocenters. The lowest BCUT2D eigenvalue weighted by Crippen LogP contribution is -2.70. The van der Waals surface area contributed by atoms with Gasteiger partial charge >= 0.3 is 0 Å². The highest BCUT2D eigenvalue weighted by Gasteiger charge is 2.65. The van der Waals surface area contributed by atoms with Gasteiger partial charge in [0.25, 0.3) is 5.91 Å². The van der Waals surface area contributed by atoms with Crippen LogP contribution in [0.2, 0.25) is 0 Å². The third kappa shape index (κ3) is 8.94. The smallest absolute Gasteiger partial charge is 0.254 e. The number of aliphatic hydroxyl groups excluding tert-OH is 2. The number of aliphatic hydroxyl groups is 2. The standard InChI is InChI=1S/C46H56N4O7/c1-5-22-50(45(53)33-18-16-32(29-47)17-19-33)42-28-40(49-54-4)38-26-34(13-7-9-23-51)37(15-8-10-24-52)43-39-27-36(55-30-35-14-11-12-31(3)48-35)20-21-41(39)57-46(42,44(38)43)56-25-6-2/h6,11-12,14,16-21,26-27,34,37,42-44,51-52H,2,5,7-10,13,15,22-25,28,30H2,1,3-4H3. The lowest BCUT2D eigenvalue weighted by molar-refractivity contribution is -0.254. The Morgan fingerprint density at radius 2 is 1.88 bits per heavy atom. The summed E-state index contributed by atoms with van der Waals surface area (Å²) < 4.78 is 20.8. The second kappa shape index (κ2) is 19.4. The molecule has 2 heterocycles. The summed E-state index contributed by atoms with van der Waals surface area (Å²) in [7, 11) is 1.54. The maximum absolute atomic E-state index is 14.7. The van der Waals surface area contributed by atoms with Crippen LogP contribution in [0.5, 0.6) is 11.5 Å². The van der Waals surface area contributed by atoms with Gasteiger partial charge in [0.05, 0.1) is 35.6 Å². The van der Waals surface area contributed by atoms with E-state index in [1.807, 2.05) is 49.1 Å². The monoisotopic (exact) mass is 776 g/mol. The first kappa shape index (κ1) is 41.6. The molecule has 57 heavy (non-hydrogen) atoms. The minimum Gasteiger partial charge on any atom is -0.487 e. The van der Waals surface area contributed by atoms with E-state index in [1.165, 1.54) is 0 Å². The third-order valence-corrected chi connectivity index (χ3v) is 11.5. The van der Waals surface area contributed by atoms with E-state index in [-0.39, 0.29) is 43.5 Å². The number of hydrogen-bond donors (Lipinski definition) is 2. The van der Waals surface area contributed by atoms with Gasteiger partial charge in [-0.2, -0.15) is 5.26 Å². The van der Waals surface area contributed by atoms with Gasteiger partial charge in [-0.05, 0) is 111 Å². The van der Waals surface area contributed by atoms with Crippen LogP contribution in [-0.4, -0.2) is 77.0 Å². The number of fused-ring (bicyclic) bond motifs is 2. The number of unbranched alkanes of at least 4 members (excludes halogenated alkanes) is 2.